The van der Waals surface area contributed by atoms with E-state index in [0.717, 1.165) is 30.6 Å². The second kappa shape index (κ2) is 9.37. The quantitative estimate of drug-likeness (QED) is 0.767. The number of benzene rings is 2. The summed E-state index contributed by atoms with van der Waals surface area (Å²) in [4.78, 5) is 26.4. The average Bonchev–Trinajstić information content (AvgIpc) is 3.22. The molecule has 1 aliphatic rings. The molecule has 1 atom stereocenters. The lowest BCUT2D eigenvalue weighted by Gasteiger charge is -2.26. The zero-order chi connectivity index (χ0) is 19.9. The number of rotatable bonds is 6. The molecule has 0 saturated carbocycles. The number of nitrogens with one attached hydrogen (secondary N) is 1. The number of aryl methyl sites for hydroxylation is 1. The van der Waals surface area contributed by atoms with Crippen LogP contribution in [0.4, 0.5) is 10.5 Å². The number of carbonyl (C=O) groups excluding carboxylic acids is 2. The van der Waals surface area contributed by atoms with Gasteiger partial charge in [-0.1, -0.05) is 30.3 Å². The Labute approximate surface area is 165 Å². The third-order valence-corrected chi connectivity index (χ3v) is 4.84. The Bertz CT molecular complexity index is 817. The van der Waals surface area contributed by atoms with E-state index in [1.165, 1.54) is 7.11 Å². The number of anilines is 1. The molecule has 0 radical (unpaired) electrons. The average molecular weight is 382 g/mol. The molecule has 2 amide bonds. The fourth-order valence-electron chi connectivity index (χ4n) is 3.30. The van der Waals surface area contributed by atoms with Crippen LogP contribution in [0.15, 0.2) is 48.5 Å². The van der Waals surface area contributed by atoms with Crippen molar-refractivity contribution in [2.45, 2.75) is 32.4 Å². The van der Waals surface area contributed by atoms with Gasteiger partial charge in [0, 0.05) is 25.4 Å². The number of carbonyl (C=O) groups is 2. The molecule has 0 aliphatic carbocycles. The predicted molar refractivity (Wildman–Crippen MR) is 107 cm³/mol. The van der Waals surface area contributed by atoms with E-state index < -0.39 is 5.97 Å². The van der Waals surface area contributed by atoms with Crippen LogP contribution in [-0.4, -0.2) is 43.3 Å². The van der Waals surface area contributed by atoms with E-state index >= 15 is 0 Å². The van der Waals surface area contributed by atoms with E-state index in [1.807, 2.05) is 37.3 Å². The first-order valence-electron chi connectivity index (χ1n) is 9.47. The van der Waals surface area contributed by atoms with Crippen molar-refractivity contribution in [3.05, 3.63) is 65.2 Å². The van der Waals surface area contributed by atoms with E-state index in [1.54, 1.807) is 23.1 Å². The highest BCUT2D eigenvalue weighted by Gasteiger charge is 2.23. The third-order valence-electron chi connectivity index (χ3n) is 4.84. The third kappa shape index (κ3) is 5.10. The van der Waals surface area contributed by atoms with Crippen molar-refractivity contribution < 1.29 is 19.1 Å². The highest BCUT2D eigenvalue weighted by atomic mass is 16.5. The van der Waals surface area contributed by atoms with Gasteiger partial charge in [0.2, 0.25) is 0 Å². The predicted octanol–water partition coefficient (Wildman–Crippen LogP) is 3.99. The Balaban J connectivity index is 1.73. The number of ether oxygens (including phenoxy) is 2. The molecule has 1 fully saturated rings. The summed E-state index contributed by atoms with van der Waals surface area (Å²) in [5.41, 5.74) is 2.99. The van der Waals surface area contributed by atoms with Gasteiger partial charge in [-0.3, -0.25) is 0 Å². The maximum atomic E-state index is 13.0. The summed E-state index contributed by atoms with van der Waals surface area (Å²) < 4.78 is 10.5. The van der Waals surface area contributed by atoms with Gasteiger partial charge in [0.1, 0.15) is 0 Å². The fraction of sp³-hybridized carbons (Fsp3) is 0.364. The van der Waals surface area contributed by atoms with Crippen molar-refractivity contribution in [3.8, 4) is 0 Å². The summed E-state index contributed by atoms with van der Waals surface area (Å²) >= 11 is 0. The van der Waals surface area contributed by atoms with Crippen molar-refractivity contribution in [1.29, 1.82) is 0 Å². The molecule has 6 heteroatoms. The summed E-state index contributed by atoms with van der Waals surface area (Å²) in [6.07, 6.45) is 2.06. The normalized spacial score (nSPS) is 15.9. The van der Waals surface area contributed by atoms with Crippen LogP contribution in [0.1, 0.15) is 34.3 Å². The van der Waals surface area contributed by atoms with E-state index in [0.29, 0.717) is 24.3 Å². The van der Waals surface area contributed by atoms with E-state index in [2.05, 4.69) is 5.32 Å². The van der Waals surface area contributed by atoms with E-state index in [-0.39, 0.29) is 12.1 Å². The van der Waals surface area contributed by atoms with Crippen LogP contribution in [0.2, 0.25) is 0 Å². The van der Waals surface area contributed by atoms with Crippen LogP contribution in [0.25, 0.3) is 0 Å². The van der Waals surface area contributed by atoms with Gasteiger partial charge in [-0.05, 0) is 49.1 Å². The molecule has 1 saturated heterocycles. The molecule has 0 unspecified atom stereocenters. The van der Waals surface area contributed by atoms with Crippen LogP contribution in [-0.2, 0) is 16.0 Å². The smallest absolute Gasteiger partial charge is 0.337 e. The Morgan fingerprint density at radius 3 is 2.64 bits per heavy atom. The Morgan fingerprint density at radius 2 is 2.00 bits per heavy atom. The van der Waals surface area contributed by atoms with Crippen LogP contribution in [0, 0.1) is 6.92 Å². The minimum absolute atomic E-state index is 0.0669. The lowest BCUT2D eigenvalue weighted by molar-refractivity contribution is 0.0600. The van der Waals surface area contributed by atoms with Gasteiger partial charge in [-0.2, -0.15) is 0 Å². The number of amides is 2. The van der Waals surface area contributed by atoms with Gasteiger partial charge < -0.3 is 19.7 Å². The first-order valence-corrected chi connectivity index (χ1v) is 9.47. The summed E-state index contributed by atoms with van der Waals surface area (Å²) in [7, 11) is 1.35. The Morgan fingerprint density at radius 1 is 1.21 bits per heavy atom. The monoisotopic (exact) mass is 382 g/mol. The van der Waals surface area contributed by atoms with Gasteiger partial charge >= 0.3 is 12.0 Å². The maximum Gasteiger partial charge on any atom is 0.337 e. The number of esters is 1. The zero-order valence-electron chi connectivity index (χ0n) is 16.3. The van der Waals surface area contributed by atoms with Gasteiger partial charge in [0.15, 0.2) is 0 Å². The second-order valence-electron chi connectivity index (χ2n) is 6.95. The molecule has 2 aromatic carbocycles. The van der Waals surface area contributed by atoms with E-state index in [9.17, 15) is 9.59 Å². The number of hydrogen-bond donors (Lipinski definition) is 1. The minimum atomic E-state index is -0.398. The van der Waals surface area contributed by atoms with Gasteiger partial charge in [0.25, 0.3) is 0 Å². The molecule has 0 bridgehead atoms. The van der Waals surface area contributed by atoms with Gasteiger partial charge in [-0.25, -0.2) is 9.59 Å². The molecular weight excluding hydrogens is 356 g/mol. The summed E-state index contributed by atoms with van der Waals surface area (Å²) in [5, 5.41) is 2.97. The number of methoxy groups -OCH3 is 1. The van der Waals surface area contributed by atoms with Gasteiger partial charge in [0.05, 0.1) is 18.8 Å². The van der Waals surface area contributed by atoms with Crippen LogP contribution >= 0.6 is 0 Å². The molecule has 2 aromatic rings. The molecule has 1 heterocycles. The lowest BCUT2D eigenvalue weighted by atomic mass is 10.1. The van der Waals surface area contributed by atoms with Crippen molar-refractivity contribution in [3.63, 3.8) is 0 Å². The van der Waals surface area contributed by atoms with Gasteiger partial charge in [-0.15, -0.1) is 0 Å². The second-order valence-corrected chi connectivity index (χ2v) is 6.95. The first-order chi connectivity index (χ1) is 13.6. The minimum Gasteiger partial charge on any atom is -0.465 e. The lowest BCUT2D eigenvalue weighted by Crippen LogP contribution is -2.39. The highest BCUT2D eigenvalue weighted by molar-refractivity contribution is 5.93. The summed E-state index contributed by atoms with van der Waals surface area (Å²) in [6.45, 7) is 3.65. The number of urea groups is 1. The Hall–Kier alpha value is -2.86. The molecular formula is C22H26N2O4. The Kier molecular flexibility index (Phi) is 6.66. The highest BCUT2D eigenvalue weighted by Crippen LogP contribution is 2.20. The van der Waals surface area contributed by atoms with E-state index in [4.69, 9.17) is 9.47 Å². The fourth-order valence-corrected chi connectivity index (χ4v) is 3.30. The largest absolute Gasteiger partial charge is 0.465 e. The van der Waals surface area contributed by atoms with Crippen molar-refractivity contribution in [2.75, 3.05) is 25.6 Å². The zero-order valence-corrected chi connectivity index (χ0v) is 16.3. The maximum absolute atomic E-state index is 13.0. The van der Waals surface area contributed by atoms with Crippen molar-refractivity contribution in [2.24, 2.45) is 0 Å². The molecule has 0 spiro atoms. The molecule has 3 rings (SSSR count). The molecule has 6 nitrogen and oxygen atoms in total. The first kappa shape index (κ1) is 19.9. The summed E-state index contributed by atoms with van der Waals surface area (Å²) in [6, 6.07) is 14.8. The molecule has 0 aromatic heterocycles. The molecule has 1 aliphatic heterocycles. The molecule has 148 valence electrons. The SMILES string of the molecule is COC(=O)c1ccc(NC(=O)N(Cc2ccccc2)C[C@@H]2CCCO2)c(C)c1. The van der Waals surface area contributed by atoms with Crippen LogP contribution < -0.4 is 5.32 Å². The number of hydrogen-bond acceptors (Lipinski definition) is 4. The van der Waals surface area contributed by atoms with Crippen molar-refractivity contribution >= 4 is 17.7 Å². The standard InChI is InChI=1S/C22H26N2O4/c1-16-13-18(21(25)27-2)10-11-20(16)23-22(26)24(15-19-9-6-12-28-19)14-17-7-4-3-5-8-17/h3-5,7-8,10-11,13,19H,6,9,12,14-15H2,1-2H3,(H,23,26)/t19-/m0/s1. The molecule has 28 heavy (non-hydrogen) atoms. The van der Waals surface area contributed by atoms with Crippen molar-refractivity contribution in [1.82, 2.24) is 4.90 Å². The molecule has 1 N–H and O–H groups in total. The topological polar surface area (TPSA) is 67.9 Å². The van der Waals surface area contributed by atoms with Crippen LogP contribution in [0.3, 0.4) is 0 Å². The van der Waals surface area contributed by atoms with Crippen LogP contribution in [0.5, 0.6) is 0 Å². The number of nitrogens with zero attached hydrogens (tertiary/aromatic N) is 1. The summed E-state index contributed by atoms with van der Waals surface area (Å²) in [5.74, 6) is -0.398.